The van der Waals surface area contributed by atoms with Crippen LogP contribution < -0.4 is 46.5 Å². The van der Waals surface area contributed by atoms with Gasteiger partial charge < -0.3 is 46.5 Å². The second-order valence-corrected chi connectivity index (χ2v) is 9.33. The number of para-hydroxylation sites is 10. The second-order valence-electron chi connectivity index (χ2n) is 9.33. The molecule has 0 saturated heterocycles. The Labute approximate surface area is 262 Å². The molecule has 0 amide bonds. The lowest BCUT2D eigenvalue weighted by Crippen LogP contribution is -2.34. The van der Waals surface area contributed by atoms with Crippen LogP contribution in [0.2, 0.25) is 0 Å². The Bertz CT molecular complexity index is 1520. The van der Waals surface area contributed by atoms with E-state index in [0.29, 0.717) is 49.9 Å². The van der Waals surface area contributed by atoms with Crippen molar-refractivity contribution < 1.29 is 46.5 Å². The molecular formula is C31H26B4O10. The van der Waals surface area contributed by atoms with Crippen LogP contribution >= 0.6 is 0 Å². The highest BCUT2D eigenvalue weighted by molar-refractivity contribution is 6.42. The first-order valence-electron chi connectivity index (χ1n) is 13.7. The first-order chi connectivity index (χ1) is 21.8. The molecule has 0 N–H and O–H groups in total. The predicted octanol–water partition coefficient (Wildman–Crippen LogP) is 5.44. The summed E-state index contributed by atoms with van der Waals surface area (Å²) in [5.41, 5.74) is 0. The minimum absolute atomic E-state index is 0. The van der Waals surface area contributed by atoms with E-state index < -0.39 is 14.6 Å². The lowest BCUT2D eigenvalue weighted by molar-refractivity contribution is 0.322. The molecule has 222 valence electrons. The van der Waals surface area contributed by atoms with E-state index in [2.05, 4.69) is 0 Å². The molecule has 4 heterocycles. The number of rotatable bonds is 4. The van der Waals surface area contributed by atoms with Gasteiger partial charge >= 0.3 is 30.0 Å². The third-order valence-electron chi connectivity index (χ3n) is 6.44. The van der Waals surface area contributed by atoms with Gasteiger partial charge in [0.1, 0.15) is 57.5 Å². The Kier molecular flexibility index (Phi) is 9.01. The molecule has 45 heavy (non-hydrogen) atoms. The largest absolute Gasteiger partial charge is 0.864 e. The molecule has 0 spiro atoms. The van der Waals surface area contributed by atoms with Gasteiger partial charge in [0, 0.05) is 0 Å². The summed E-state index contributed by atoms with van der Waals surface area (Å²) < 4.78 is 54.4. The summed E-state index contributed by atoms with van der Waals surface area (Å²) in [6.07, 6.45) is 0. The van der Waals surface area contributed by atoms with Crippen LogP contribution in [-0.4, -0.2) is 30.0 Å². The van der Waals surface area contributed by atoms with Crippen LogP contribution in [0.4, 0.5) is 0 Å². The van der Waals surface area contributed by atoms with Crippen LogP contribution in [-0.2, 0) is 0 Å². The number of benzene rings is 5. The zero-order valence-electron chi connectivity index (χ0n) is 23.2. The third-order valence-corrected chi connectivity index (χ3v) is 6.44. The maximum Gasteiger partial charge on any atom is 0.864 e. The molecular weight excluding hydrogens is 576 g/mol. The van der Waals surface area contributed by atoms with Crippen LogP contribution in [0, 0.1) is 0 Å². The molecule has 0 aliphatic carbocycles. The number of hydrogen-bond donors (Lipinski definition) is 0. The number of hydrogen-bond acceptors (Lipinski definition) is 10. The fourth-order valence-electron chi connectivity index (χ4n) is 4.39. The van der Waals surface area contributed by atoms with Gasteiger partial charge in [-0.3, -0.25) is 0 Å². The summed E-state index contributed by atoms with van der Waals surface area (Å²) in [7, 11) is -1.06. The second kappa shape index (κ2) is 13.8. The van der Waals surface area contributed by atoms with E-state index in [1.165, 1.54) is 0 Å². The SMILES string of the molecule is B1Oc2ccccc2O1.B1Oc2ccccc2O1.C.c1ccc(OB2Oc3ccccc3O2)c(OB2Oc3ccccc3O2)c1. The minimum atomic E-state index is -0.889. The highest BCUT2D eigenvalue weighted by atomic mass is 16.8. The molecule has 4 aliphatic rings. The fourth-order valence-corrected chi connectivity index (χ4v) is 4.39. The molecule has 0 radical (unpaired) electrons. The molecule has 4 aliphatic heterocycles. The molecule has 0 aromatic heterocycles. The van der Waals surface area contributed by atoms with E-state index in [9.17, 15) is 0 Å². The lowest BCUT2D eigenvalue weighted by atomic mass is 10.2. The van der Waals surface area contributed by atoms with Crippen molar-refractivity contribution >= 4 is 30.0 Å². The van der Waals surface area contributed by atoms with Gasteiger partial charge in [-0.05, 0) is 60.7 Å². The van der Waals surface area contributed by atoms with Crippen molar-refractivity contribution in [2.45, 2.75) is 7.43 Å². The van der Waals surface area contributed by atoms with Crippen molar-refractivity contribution in [2.24, 2.45) is 0 Å². The Morgan fingerprint density at radius 2 is 0.600 bits per heavy atom. The molecule has 0 fully saturated rings. The molecule has 5 aromatic rings. The minimum Gasteiger partial charge on any atom is -0.526 e. The van der Waals surface area contributed by atoms with E-state index in [1.54, 1.807) is 12.1 Å². The van der Waals surface area contributed by atoms with E-state index >= 15 is 0 Å². The summed E-state index contributed by atoms with van der Waals surface area (Å²) in [6, 6.07) is 37.2. The lowest BCUT2D eigenvalue weighted by Gasteiger charge is -2.13. The molecule has 5 aromatic carbocycles. The summed E-state index contributed by atoms with van der Waals surface area (Å²) in [6.45, 7) is 0. The average Bonchev–Trinajstić information content (AvgIpc) is 3.88. The maximum atomic E-state index is 5.80. The van der Waals surface area contributed by atoms with Crippen molar-refractivity contribution in [1.29, 1.82) is 0 Å². The topological polar surface area (TPSA) is 92.3 Å². The van der Waals surface area contributed by atoms with Gasteiger partial charge in [-0.15, -0.1) is 0 Å². The summed E-state index contributed by atoms with van der Waals surface area (Å²) in [4.78, 5) is 0. The summed E-state index contributed by atoms with van der Waals surface area (Å²) in [5.74, 6) is 6.82. The maximum absolute atomic E-state index is 5.80. The predicted molar refractivity (Wildman–Crippen MR) is 171 cm³/mol. The van der Waals surface area contributed by atoms with Crippen LogP contribution in [0.5, 0.6) is 57.5 Å². The Morgan fingerprint density at radius 1 is 0.356 bits per heavy atom. The smallest absolute Gasteiger partial charge is 0.526 e. The number of fused-ring (bicyclic) bond motifs is 4. The molecule has 14 heteroatoms. The summed E-state index contributed by atoms with van der Waals surface area (Å²) >= 11 is 0. The zero-order valence-corrected chi connectivity index (χ0v) is 23.2. The van der Waals surface area contributed by atoms with Gasteiger partial charge in [0.05, 0.1) is 0 Å². The van der Waals surface area contributed by atoms with E-state index in [-0.39, 0.29) is 7.43 Å². The van der Waals surface area contributed by atoms with Crippen LogP contribution in [0.25, 0.3) is 0 Å². The zero-order chi connectivity index (χ0) is 29.6. The van der Waals surface area contributed by atoms with Crippen molar-refractivity contribution in [1.82, 2.24) is 0 Å². The summed E-state index contributed by atoms with van der Waals surface area (Å²) in [5, 5.41) is 0. The van der Waals surface area contributed by atoms with Gasteiger partial charge in [-0.25, -0.2) is 0 Å². The average molecular weight is 602 g/mol. The molecule has 0 atom stereocenters. The Balaban J connectivity index is 0.000000152. The van der Waals surface area contributed by atoms with Gasteiger partial charge in [0.25, 0.3) is 0 Å². The molecule has 0 saturated carbocycles. The van der Waals surface area contributed by atoms with E-state index in [4.69, 9.17) is 46.5 Å². The van der Waals surface area contributed by atoms with Crippen LogP contribution in [0.15, 0.2) is 121 Å². The van der Waals surface area contributed by atoms with Crippen molar-refractivity contribution in [3.8, 4) is 57.5 Å². The Morgan fingerprint density at radius 3 is 0.889 bits per heavy atom. The third kappa shape index (κ3) is 6.96. The monoisotopic (exact) mass is 602 g/mol. The molecule has 0 bridgehead atoms. The quantitative estimate of drug-likeness (QED) is 0.248. The standard InChI is InChI=1S/C18H12B2O6.2C6H5BO2.CH4/c1-2-8-14-13(7-1)21-19(22-14)25-17-11-5-6-12-18(17)26-20-23-15-9-3-4-10-16(15)24-20;2*1-2-4-6-5(3-1)8-7-9-6;/h1-12H;2*1-4,7H;1H4. The molecule has 10 nitrogen and oxygen atoms in total. The highest BCUT2D eigenvalue weighted by Gasteiger charge is 2.41. The first kappa shape index (κ1) is 29.4. The van der Waals surface area contributed by atoms with Crippen molar-refractivity contribution in [3.63, 3.8) is 0 Å². The first-order valence-corrected chi connectivity index (χ1v) is 13.7. The Hall–Kier alpha value is -5.64. The van der Waals surface area contributed by atoms with Gasteiger partial charge in [-0.1, -0.05) is 68.1 Å². The normalized spacial score (nSPS) is 13.1. The highest BCUT2D eigenvalue weighted by Crippen LogP contribution is 2.37. The van der Waals surface area contributed by atoms with Crippen LogP contribution in [0.3, 0.4) is 0 Å². The van der Waals surface area contributed by atoms with E-state index in [1.807, 2.05) is 109 Å². The van der Waals surface area contributed by atoms with Crippen molar-refractivity contribution in [2.75, 3.05) is 0 Å². The van der Waals surface area contributed by atoms with Gasteiger partial charge in [-0.2, -0.15) is 0 Å². The molecule has 9 rings (SSSR count). The van der Waals surface area contributed by atoms with Crippen molar-refractivity contribution in [3.05, 3.63) is 121 Å². The van der Waals surface area contributed by atoms with Gasteiger partial charge in [0.2, 0.25) is 0 Å². The van der Waals surface area contributed by atoms with Gasteiger partial charge in [0.15, 0.2) is 0 Å². The van der Waals surface area contributed by atoms with Crippen LogP contribution in [0.1, 0.15) is 7.43 Å². The van der Waals surface area contributed by atoms with E-state index in [0.717, 1.165) is 23.0 Å². The molecule has 0 unspecified atom stereocenters. The fraction of sp³-hybridized carbons (Fsp3) is 0.0323.